The largest absolute Gasteiger partial charge is 0.381 e. The van der Waals surface area contributed by atoms with Gasteiger partial charge in [-0.15, -0.1) is 0 Å². The molecule has 0 aliphatic heterocycles. The predicted molar refractivity (Wildman–Crippen MR) is 219 cm³/mol. The minimum atomic E-state index is 0.351. The molecule has 16 bridgehead atoms. The van der Waals surface area contributed by atoms with Crippen molar-refractivity contribution in [3.05, 3.63) is 0 Å². The Balaban J connectivity index is 0.0000000950. The summed E-state index contributed by atoms with van der Waals surface area (Å²) in [5.41, 5.74) is 1.61. The quantitative estimate of drug-likeness (QED) is 0.223. The Kier molecular flexibility index (Phi) is 12.0. The van der Waals surface area contributed by atoms with Gasteiger partial charge in [0.25, 0.3) is 0 Å². The van der Waals surface area contributed by atoms with Gasteiger partial charge in [-0.3, -0.25) is 0 Å². The number of ether oxygens (including phenoxy) is 4. The van der Waals surface area contributed by atoms with Crippen molar-refractivity contribution in [3.63, 3.8) is 0 Å². The molecule has 0 N–H and O–H groups in total. The molecule has 0 radical (unpaired) electrons. The second-order valence-electron chi connectivity index (χ2n) is 23.0. The third kappa shape index (κ3) is 8.46. The zero-order valence-corrected chi connectivity index (χ0v) is 35.7. The molecule has 4 heteroatoms. The first kappa shape index (κ1) is 39.3. The molecule has 0 amide bonds. The molecule has 0 saturated heterocycles. The maximum Gasteiger partial charge on any atom is 0.0690 e. The third-order valence-electron chi connectivity index (χ3n) is 18.5. The number of rotatable bonds is 10. The molecular formula is C50H84O4. The van der Waals surface area contributed by atoms with Crippen molar-refractivity contribution in [1.29, 1.82) is 0 Å². The summed E-state index contributed by atoms with van der Waals surface area (Å²) >= 11 is 0. The van der Waals surface area contributed by atoms with Crippen LogP contribution in [0.2, 0.25) is 0 Å². The van der Waals surface area contributed by atoms with Gasteiger partial charge in [0.15, 0.2) is 0 Å². The SMILES string of the molecule is CCOC12CC3CC(CC(C3)C1)C2.CCOC1C2CC3CC(C2)CC1C3.CCOCC12CC3CC(CC(C3)C1)C2.CCOCC12CC3CC(CC(C3)C1)C2. The van der Waals surface area contributed by atoms with E-state index in [9.17, 15) is 0 Å². The van der Waals surface area contributed by atoms with Gasteiger partial charge in [-0.05, 0) is 263 Å². The molecule has 0 atom stereocenters. The molecule has 16 fully saturated rings. The summed E-state index contributed by atoms with van der Waals surface area (Å²) in [5, 5.41) is 0. The van der Waals surface area contributed by atoms with Crippen LogP contribution in [0.4, 0.5) is 0 Å². The Hall–Kier alpha value is -0.160. The molecule has 16 rings (SSSR count). The monoisotopic (exact) mass is 749 g/mol. The van der Waals surface area contributed by atoms with Crippen LogP contribution in [0.5, 0.6) is 0 Å². The van der Waals surface area contributed by atoms with E-state index in [1.165, 1.54) is 103 Å². The van der Waals surface area contributed by atoms with E-state index >= 15 is 0 Å². The fraction of sp³-hybridized carbons (Fsp3) is 1.00. The third-order valence-corrected chi connectivity index (χ3v) is 18.5. The van der Waals surface area contributed by atoms with E-state index in [0.29, 0.717) is 22.5 Å². The average molecular weight is 749 g/mol. The van der Waals surface area contributed by atoms with Gasteiger partial charge in [-0.25, -0.2) is 0 Å². The maximum absolute atomic E-state index is 6.04. The Morgan fingerprint density at radius 2 is 0.667 bits per heavy atom. The van der Waals surface area contributed by atoms with Crippen molar-refractivity contribution in [1.82, 2.24) is 0 Å². The smallest absolute Gasteiger partial charge is 0.0690 e. The molecule has 16 aliphatic rings. The van der Waals surface area contributed by atoms with Crippen LogP contribution in [-0.4, -0.2) is 51.3 Å². The Morgan fingerprint density at radius 1 is 0.352 bits per heavy atom. The van der Waals surface area contributed by atoms with E-state index in [0.717, 1.165) is 117 Å². The van der Waals surface area contributed by atoms with Crippen LogP contribution in [0.15, 0.2) is 0 Å². The van der Waals surface area contributed by atoms with Crippen LogP contribution in [0.3, 0.4) is 0 Å². The maximum atomic E-state index is 6.04. The van der Waals surface area contributed by atoms with Gasteiger partial charge in [-0.2, -0.15) is 0 Å². The van der Waals surface area contributed by atoms with Crippen molar-refractivity contribution in [2.24, 2.45) is 87.8 Å². The van der Waals surface area contributed by atoms with Crippen molar-refractivity contribution in [3.8, 4) is 0 Å². The van der Waals surface area contributed by atoms with Crippen molar-refractivity contribution < 1.29 is 18.9 Å². The van der Waals surface area contributed by atoms with Crippen LogP contribution in [0.25, 0.3) is 0 Å². The van der Waals surface area contributed by atoms with Crippen molar-refractivity contribution in [2.45, 2.75) is 187 Å². The molecule has 0 aromatic heterocycles. The van der Waals surface area contributed by atoms with Gasteiger partial charge < -0.3 is 18.9 Å². The summed E-state index contributed by atoms with van der Waals surface area (Å²) < 4.78 is 23.4. The first-order valence-corrected chi connectivity index (χ1v) is 24.7. The topological polar surface area (TPSA) is 36.9 Å². The van der Waals surface area contributed by atoms with E-state index in [2.05, 4.69) is 27.7 Å². The van der Waals surface area contributed by atoms with E-state index in [-0.39, 0.29) is 0 Å². The van der Waals surface area contributed by atoms with Gasteiger partial charge in [0.05, 0.1) is 24.9 Å². The lowest BCUT2D eigenvalue weighted by Gasteiger charge is -2.56. The molecule has 54 heavy (non-hydrogen) atoms. The molecule has 4 nitrogen and oxygen atoms in total. The Labute approximate surface area is 332 Å². The highest BCUT2D eigenvalue weighted by Gasteiger charge is 2.53. The second-order valence-corrected chi connectivity index (χ2v) is 23.0. The first-order chi connectivity index (χ1) is 26.3. The Morgan fingerprint density at radius 3 is 0.963 bits per heavy atom. The predicted octanol–water partition coefficient (Wildman–Crippen LogP) is 12.3. The zero-order valence-electron chi connectivity index (χ0n) is 35.7. The summed E-state index contributed by atoms with van der Waals surface area (Å²) in [5.74, 6) is 13.6. The number of hydrogen-bond donors (Lipinski definition) is 0. The van der Waals surface area contributed by atoms with Gasteiger partial charge in [0.2, 0.25) is 0 Å². The van der Waals surface area contributed by atoms with Gasteiger partial charge in [0, 0.05) is 26.4 Å². The summed E-state index contributed by atoms with van der Waals surface area (Å²) in [7, 11) is 0. The summed E-state index contributed by atoms with van der Waals surface area (Å²) in [6, 6.07) is 0. The lowest BCUT2D eigenvalue weighted by atomic mass is 9.50. The molecule has 16 saturated carbocycles. The minimum Gasteiger partial charge on any atom is -0.381 e. The summed E-state index contributed by atoms with van der Waals surface area (Å²) in [4.78, 5) is 0. The molecule has 308 valence electrons. The fourth-order valence-electron chi connectivity index (χ4n) is 18.4. The van der Waals surface area contributed by atoms with E-state index in [1.807, 2.05) is 0 Å². The van der Waals surface area contributed by atoms with Crippen LogP contribution >= 0.6 is 0 Å². The molecule has 16 aliphatic carbocycles. The molecule has 0 aromatic carbocycles. The van der Waals surface area contributed by atoms with Crippen LogP contribution in [0, 0.1) is 87.8 Å². The van der Waals surface area contributed by atoms with E-state index in [1.54, 1.807) is 44.9 Å². The second kappa shape index (κ2) is 16.5. The molecule has 0 heterocycles. The Bertz CT molecular complexity index is 1040. The summed E-state index contributed by atoms with van der Waals surface area (Å²) in [6.45, 7) is 14.3. The highest BCUT2D eigenvalue weighted by Crippen LogP contribution is 2.62. The van der Waals surface area contributed by atoms with Gasteiger partial charge in [0.1, 0.15) is 0 Å². The molecule has 0 aromatic rings. The van der Waals surface area contributed by atoms with Gasteiger partial charge >= 0.3 is 0 Å². The highest BCUT2D eigenvalue weighted by molar-refractivity contribution is 5.04. The van der Waals surface area contributed by atoms with Crippen molar-refractivity contribution in [2.75, 3.05) is 39.6 Å². The summed E-state index contributed by atoms with van der Waals surface area (Å²) in [6.07, 6.45) is 35.0. The van der Waals surface area contributed by atoms with Crippen LogP contribution in [-0.2, 0) is 18.9 Å². The van der Waals surface area contributed by atoms with Crippen LogP contribution in [0.1, 0.15) is 175 Å². The molecule has 0 spiro atoms. The van der Waals surface area contributed by atoms with Crippen molar-refractivity contribution >= 4 is 0 Å². The van der Waals surface area contributed by atoms with E-state index in [4.69, 9.17) is 18.9 Å². The lowest BCUT2D eigenvalue weighted by Crippen LogP contribution is -2.51. The zero-order chi connectivity index (χ0) is 36.9. The normalized spacial score (nSPS) is 51.3. The van der Waals surface area contributed by atoms with E-state index < -0.39 is 0 Å². The standard InChI is InChI=1S/2C13H22O.2C12H20O/c2*1-2-14-9-13-6-10-3-11(7-13)5-12(4-10)8-13;1-2-13-12-6-9-3-10(7-12)5-11(4-9)8-12;1-2-13-12-10-4-8-3-9(6-10)7-11(12)5-8/h2*10-12H,2-9H2,1H3;9-11H,2-8H2,1H3;8-12H,2-7H2,1H3. The highest BCUT2D eigenvalue weighted by atomic mass is 16.5. The number of hydrogen-bond acceptors (Lipinski definition) is 4. The first-order valence-electron chi connectivity index (χ1n) is 24.7. The van der Waals surface area contributed by atoms with Crippen LogP contribution < -0.4 is 0 Å². The van der Waals surface area contributed by atoms with Gasteiger partial charge in [-0.1, -0.05) is 0 Å². The lowest BCUT2D eigenvalue weighted by molar-refractivity contribution is -0.159. The molecular weight excluding hydrogens is 665 g/mol. The minimum absolute atomic E-state index is 0.351. The average Bonchev–Trinajstić information content (AvgIpc) is 3.10. The fourth-order valence-corrected chi connectivity index (χ4v) is 18.4. The molecule has 0 unspecified atom stereocenters.